The molecule has 0 amide bonds. The van der Waals surface area contributed by atoms with Gasteiger partial charge in [-0.25, -0.2) is 4.57 Å². The van der Waals surface area contributed by atoms with E-state index in [0.717, 1.165) is 0 Å². The van der Waals surface area contributed by atoms with Crippen LogP contribution in [0.2, 0.25) is 0 Å². The first-order chi connectivity index (χ1) is 5.64. The van der Waals surface area contributed by atoms with Gasteiger partial charge in [0.25, 0.3) is 0 Å². The highest BCUT2D eigenvalue weighted by Crippen LogP contribution is 2.49. The van der Waals surface area contributed by atoms with Crippen molar-refractivity contribution in [3.05, 3.63) is 12.7 Å². The van der Waals surface area contributed by atoms with Gasteiger partial charge < -0.3 is 9.63 Å². The molecule has 12 heavy (non-hydrogen) atoms. The second kappa shape index (κ2) is 4.16. The average Bonchev–Trinajstić information content (AvgIpc) is 2.31. The van der Waals surface area contributed by atoms with E-state index >= 15 is 0 Å². The molecule has 70 valence electrons. The summed E-state index contributed by atoms with van der Waals surface area (Å²) in [4.78, 5) is 8.76. The summed E-state index contributed by atoms with van der Waals surface area (Å²) in [5.41, 5.74) is 0. The molecule has 1 saturated heterocycles. The zero-order valence-electron chi connectivity index (χ0n) is 6.51. The molecule has 1 heterocycles. The molecular weight excluding hydrogens is 183 g/mol. The van der Waals surface area contributed by atoms with E-state index in [1.165, 1.54) is 0 Å². The van der Waals surface area contributed by atoms with Gasteiger partial charge >= 0.3 is 7.82 Å². The highest BCUT2D eigenvalue weighted by molar-refractivity contribution is 7.47. The zero-order valence-corrected chi connectivity index (χ0v) is 7.40. The van der Waals surface area contributed by atoms with Crippen LogP contribution in [0.1, 0.15) is 0 Å². The maximum atomic E-state index is 10.7. The lowest BCUT2D eigenvalue weighted by molar-refractivity contribution is 0.0725. The molecule has 0 aromatic carbocycles. The second-order valence-electron chi connectivity index (χ2n) is 2.32. The molecule has 2 unspecified atom stereocenters. The summed E-state index contributed by atoms with van der Waals surface area (Å²) >= 11 is 0. The van der Waals surface area contributed by atoms with Crippen molar-refractivity contribution in [1.29, 1.82) is 0 Å². The molecule has 0 radical (unpaired) electrons. The fourth-order valence-electron chi connectivity index (χ4n) is 0.788. The first-order valence-electron chi connectivity index (χ1n) is 3.48. The fraction of sp³-hybridized carbons (Fsp3) is 0.667. The van der Waals surface area contributed by atoms with Crippen LogP contribution in [-0.2, 0) is 18.3 Å². The maximum Gasteiger partial charge on any atom is 0.472 e. The lowest BCUT2D eigenvalue weighted by Crippen LogP contribution is -2.17. The Kier molecular flexibility index (Phi) is 3.43. The van der Waals surface area contributed by atoms with Gasteiger partial charge in [-0.15, -0.1) is 6.58 Å². The van der Waals surface area contributed by atoms with Gasteiger partial charge in [0.15, 0.2) is 0 Å². The number of hydrogen-bond acceptors (Lipinski definition) is 4. The lowest BCUT2D eigenvalue weighted by atomic mass is 10.4. The third kappa shape index (κ3) is 3.05. The van der Waals surface area contributed by atoms with Crippen LogP contribution in [0.4, 0.5) is 0 Å². The van der Waals surface area contributed by atoms with E-state index in [4.69, 9.17) is 9.63 Å². The van der Waals surface area contributed by atoms with E-state index in [0.29, 0.717) is 6.61 Å². The molecule has 0 bridgehead atoms. The first kappa shape index (κ1) is 9.89. The van der Waals surface area contributed by atoms with Gasteiger partial charge in [0, 0.05) is 0 Å². The highest BCUT2D eigenvalue weighted by atomic mass is 31.2. The molecular formula is C6H11O5P. The molecule has 0 aromatic heterocycles. The third-order valence-corrected chi connectivity index (χ3v) is 2.29. The van der Waals surface area contributed by atoms with Crippen molar-refractivity contribution >= 4 is 7.82 Å². The summed E-state index contributed by atoms with van der Waals surface area (Å²) in [6.07, 6.45) is 1.15. The van der Waals surface area contributed by atoms with Crippen LogP contribution in [0.15, 0.2) is 12.7 Å². The summed E-state index contributed by atoms with van der Waals surface area (Å²) in [7, 11) is -3.75. The van der Waals surface area contributed by atoms with Crippen molar-refractivity contribution in [3.63, 3.8) is 0 Å². The minimum absolute atomic E-state index is 0.102. The van der Waals surface area contributed by atoms with Crippen LogP contribution in [-0.4, -0.2) is 30.8 Å². The number of hydrogen-bond donors (Lipinski definition) is 1. The van der Waals surface area contributed by atoms with Crippen LogP contribution < -0.4 is 0 Å². The second-order valence-corrected chi connectivity index (χ2v) is 3.72. The Hall–Kier alpha value is -0.190. The molecule has 6 heteroatoms. The van der Waals surface area contributed by atoms with Crippen LogP contribution >= 0.6 is 7.82 Å². The van der Waals surface area contributed by atoms with Gasteiger partial charge in [0.1, 0.15) is 6.10 Å². The molecule has 0 aromatic rings. The average molecular weight is 194 g/mol. The monoisotopic (exact) mass is 194 g/mol. The van der Waals surface area contributed by atoms with Gasteiger partial charge in [0.05, 0.1) is 19.8 Å². The SMILES string of the molecule is C=CCOCC1COP(=O)(O)O1. The zero-order chi connectivity index (χ0) is 9.03. The molecule has 2 atom stereocenters. The summed E-state index contributed by atoms with van der Waals surface area (Å²) in [5.74, 6) is 0. The Morgan fingerprint density at radius 1 is 1.83 bits per heavy atom. The molecule has 0 saturated carbocycles. The van der Waals surface area contributed by atoms with Gasteiger partial charge in [-0.3, -0.25) is 9.05 Å². The number of phosphoric acid groups is 1. The van der Waals surface area contributed by atoms with Crippen molar-refractivity contribution in [2.24, 2.45) is 0 Å². The molecule has 5 nitrogen and oxygen atoms in total. The molecule has 1 rings (SSSR count). The Morgan fingerprint density at radius 3 is 3.08 bits per heavy atom. The van der Waals surface area contributed by atoms with Gasteiger partial charge in [-0.1, -0.05) is 6.08 Å². The number of phosphoric ester groups is 1. The van der Waals surface area contributed by atoms with E-state index in [-0.39, 0.29) is 13.2 Å². The van der Waals surface area contributed by atoms with Gasteiger partial charge in [-0.05, 0) is 0 Å². The minimum Gasteiger partial charge on any atom is -0.375 e. The summed E-state index contributed by atoms with van der Waals surface area (Å²) in [5, 5.41) is 0. The smallest absolute Gasteiger partial charge is 0.375 e. The topological polar surface area (TPSA) is 65.0 Å². The van der Waals surface area contributed by atoms with E-state index < -0.39 is 13.9 Å². The normalized spacial score (nSPS) is 35.2. The van der Waals surface area contributed by atoms with Gasteiger partial charge in [-0.2, -0.15) is 0 Å². The third-order valence-electron chi connectivity index (χ3n) is 1.25. The van der Waals surface area contributed by atoms with E-state index in [1.54, 1.807) is 6.08 Å². The summed E-state index contributed by atoms with van der Waals surface area (Å²) in [6, 6.07) is 0. The van der Waals surface area contributed by atoms with Crippen molar-refractivity contribution in [2.75, 3.05) is 19.8 Å². The van der Waals surface area contributed by atoms with Crippen molar-refractivity contribution < 1.29 is 23.2 Å². The number of ether oxygens (including phenoxy) is 1. The van der Waals surface area contributed by atoms with Crippen LogP contribution in [0.5, 0.6) is 0 Å². The highest BCUT2D eigenvalue weighted by Gasteiger charge is 2.35. The first-order valence-corrected chi connectivity index (χ1v) is 4.98. The standard InChI is InChI=1S/C6H11O5P/c1-2-3-9-4-6-5-10-12(7,8)11-6/h2,6H,1,3-5H2,(H,7,8). The lowest BCUT2D eigenvalue weighted by Gasteiger charge is -2.05. The molecule has 0 spiro atoms. The molecule has 1 aliphatic heterocycles. The Labute approximate surface area is 70.6 Å². The molecule has 1 N–H and O–H groups in total. The van der Waals surface area contributed by atoms with Crippen LogP contribution in [0.25, 0.3) is 0 Å². The maximum absolute atomic E-state index is 10.7. The molecule has 1 aliphatic rings. The Balaban J connectivity index is 2.19. The predicted octanol–water partition coefficient (Wildman–Crippen LogP) is 0.705. The van der Waals surface area contributed by atoms with Crippen LogP contribution in [0, 0.1) is 0 Å². The summed E-state index contributed by atoms with van der Waals surface area (Å²) in [6.45, 7) is 4.20. The van der Waals surface area contributed by atoms with Crippen molar-refractivity contribution in [1.82, 2.24) is 0 Å². The predicted molar refractivity (Wildman–Crippen MR) is 41.7 cm³/mol. The summed E-state index contributed by atoms with van der Waals surface area (Å²) < 4.78 is 24.8. The van der Waals surface area contributed by atoms with E-state index in [1.807, 2.05) is 0 Å². The molecule has 1 fully saturated rings. The molecule has 0 aliphatic carbocycles. The number of rotatable bonds is 4. The van der Waals surface area contributed by atoms with E-state index in [2.05, 4.69) is 15.6 Å². The van der Waals surface area contributed by atoms with E-state index in [9.17, 15) is 4.57 Å². The van der Waals surface area contributed by atoms with Gasteiger partial charge in [0.2, 0.25) is 0 Å². The quantitative estimate of drug-likeness (QED) is 0.405. The van der Waals surface area contributed by atoms with Crippen molar-refractivity contribution in [3.8, 4) is 0 Å². The van der Waals surface area contributed by atoms with Crippen molar-refractivity contribution in [2.45, 2.75) is 6.10 Å². The van der Waals surface area contributed by atoms with Crippen LogP contribution in [0.3, 0.4) is 0 Å². The Morgan fingerprint density at radius 2 is 2.58 bits per heavy atom. The fourth-order valence-corrected chi connectivity index (χ4v) is 1.70. The largest absolute Gasteiger partial charge is 0.472 e. The Bertz CT molecular complexity index is 204. The minimum atomic E-state index is -3.75.